The smallest absolute Gasteiger partial charge is 0.256 e. The van der Waals surface area contributed by atoms with Gasteiger partial charge in [-0.15, -0.1) is 24.8 Å². The minimum absolute atomic E-state index is 0. The number of carbonyl (C=O) groups is 1. The second-order valence-electron chi connectivity index (χ2n) is 6.52. The lowest BCUT2D eigenvalue weighted by Crippen LogP contribution is -2.21. The summed E-state index contributed by atoms with van der Waals surface area (Å²) >= 11 is 0. The molecule has 0 radical (unpaired) electrons. The van der Waals surface area contributed by atoms with Gasteiger partial charge >= 0.3 is 0 Å². The molecule has 1 amide bonds. The second-order valence-corrected chi connectivity index (χ2v) is 6.52. The monoisotopic (exact) mass is 395 g/mol. The van der Waals surface area contributed by atoms with E-state index in [9.17, 15) is 4.79 Å². The highest BCUT2D eigenvalue weighted by Gasteiger charge is 2.12. The Morgan fingerprint density at radius 2 is 1.73 bits per heavy atom. The zero-order valence-electron chi connectivity index (χ0n) is 15.0. The number of amides is 1. The van der Waals surface area contributed by atoms with Gasteiger partial charge in [0, 0.05) is 23.5 Å². The van der Waals surface area contributed by atoms with Crippen molar-refractivity contribution in [3.63, 3.8) is 0 Å². The molecule has 0 saturated carbocycles. The van der Waals surface area contributed by atoms with Gasteiger partial charge in [0.2, 0.25) is 0 Å². The quantitative estimate of drug-likeness (QED) is 0.741. The zero-order chi connectivity index (χ0) is 16.9. The van der Waals surface area contributed by atoms with Gasteiger partial charge in [0.25, 0.3) is 5.91 Å². The predicted molar refractivity (Wildman–Crippen MR) is 114 cm³/mol. The van der Waals surface area contributed by atoms with Crippen molar-refractivity contribution in [2.24, 2.45) is 0 Å². The number of aryl methyl sites for hydroxylation is 1. The van der Waals surface area contributed by atoms with Gasteiger partial charge in [-0.3, -0.25) is 4.79 Å². The molecule has 0 aromatic heterocycles. The molecule has 4 nitrogen and oxygen atoms in total. The SMILES string of the molecule is Cc1ccc(N)cc1C(=O)Nc1ccc(CCN2CCCC2)cc1.Cl.Cl. The van der Waals surface area contributed by atoms with E-state index < -0.39 is 0 Å². The van der Waals surface area contributed by atoms with Crippen molar-refractivity contribution < 1.29 is 4.79 Å². The highest BCUT2D eigenvalue weighted by molar-refractivity contribution is 6.05. The third-order valence-corrected chi connectivity index (χ3v) is 4.63. The summed E-state index contributed by atoms with van der Waals surface area (Å²) in [6, 6.07) is 13.5. The minimum atomic E-state index is -0.121. The summed E-state index contributed by atoms with van der Waals surface area (Å²) in [6.45, 7) is 5.49. The van der Waals surface area contributed by atoms with Crippen LogP contribution >= 0.6 is 24.8 Å². The Morgan fingerprint density at radius 3 is 2.38 bits per heavy atom. The number of anilines is 2. The van der Waals surface area contributed by atoms with E-state index in [1.165, 1.54) is 31.5 Å². The average Bonchev–Trinajstić information content (AvgIpc) is 3.10. The van der Waals surface area contributed by atoms with E-state index in [4.69, 9.17) is 5.73 Å². The molecule has 0 aliphatic carbocycles. The molecule has 1 fully saturated rings. The van der Waals surface area contributed by atoms with E-state index in [1.54, 1.807) is 12.1 Å². The van der Waals surface area contributed by atoms with E-state index in [0.29, 0.717) is 11.3 Å². The maximum absolute atomic E-state index is 12.4. The lowest BCUT2D eigenvalue weighted by atomic mass is 10.1. The number of benzene rings is 2. The minimum Gasteiger partial charge on any atom is -0.399 e. The van der Waals surface area contributed by atoms with Crippen LogP contribution in [-0.2, 0) is 6.42 Å². The number of carbonyl (C=O) groups excluding carboxylic acids is 1. The maximum Gasteiger partial charge on any atom is 0.256 e. The van der Waals surface area contributed by atoms with Gasteiger partial charge < -0.3 is 16.0 Å². The van der Waals surface area contributed by atoms with Crippen molar-refractivity contribution in [2.75, 3.05) is 30.7 Å². The van der Waals surface area contributed by atoms with Crippen LogP contribution in [0.3, 0.4) is 0 Å². The first-order valence-corrected chi connectivity index (χ1v) is 8.60. The van der Waals surface area contributed by atoms with Crippen LogP contribution in [0.15, 0.2) is 42.5 Å². The number of halogens is 2. The van der Waals surface area contributed by atoms with Gasteiger partial charge in [0.15, 0.2) is 0 Å². The molecule has 3 rings (SSSR count). The molecule has 0 spiro atoms. The molecule has 1 heterocycles. The molecule has 2 aromatic carbocycles. The number of likely N-dealkylation sites (tertiary alicyclic amines) is 1. The van der Waals surface area contributed by atoms with Crippen LogP contribution in [0.25, 0.3) is 0 Å². The number of hydrogen-bond acceptors (Lipinski definition) is 3. The second kappa shape index (κ2) is 10.4. The van der Waals surface area contributed by atoms with E-state index in [0.717, 1.165) is 24.2 Å². The van der Waals surface area contributed by atoms with Crippen molar-refractivity contribution in [3.8, 4) is 0 Å². The third kappa shape index (κ3) is 5.90. The first-order valence-electron chi connectivity index (χ1n) is 8.60. The van der Waals surface area contributed by atoms with Crippen molar-refractivity contribution in [1.82, 2.24) is 4.90 Å². The van der Waals surface area contributed by atoms with Gasteiger partial charge in [0.05, 0.1) is 0 Å². The van der Waals surface area contributed by atoms with Crippen LogP contribution in [0.4, 0.5) is 11.4 Å². The Balaban J connectivity index is 0.00000169. The Bertz CT molecular complexity index is 713. The van der Waals surface area contributed by atoms with Gasteiger partial charge in [0.1, 0.15) is 0 Å². The molecule has 6 heteroatoms. The van der Waals surface area contributed by atoms with Crippen molar-refractivity contribution >= 4 is 42.1 Å². The highest BCUT2D eigenvalue weighted by atomic mass is 35.5. The standard InChI is InChI=1S/C20H25N3O.2ClH/c1-15-4-7-17(21)14-19(15)20(24)22-18-8-5-16(6-9-18)10-13-23-11-2-3-12-23;;/h4-9,14H,2-3,10-13,21H2,1H3,(H,22,24);2*1H. The summed E-state index contributed by atoms with van der Waals surface area (Å²) in [6.07, 6.45) is 3.71. The van der Waals surface area contributed by atoms with Crippen molar-refractivity contribution in [3.05, 3.63) is 59.2 Å². The molecule has 1 aliphatic heterocycles. The number of rotatable bonds is 5. The summed E-state index contributed by atoms with van der Waals surface area (Å²) < 4.78 is 0. The summed E-state index contributed by atoms with van der Waals surface area (Å²) in [7, 11) is 0. The van der Waals surface area contributed by atoms with E-state index >= 15 is 0 Å². The molecule has 1 aliphatic rings. The van der Waals surface area contributed by atoms with E-state index in [1.807, 2.05) is 25.1 Å². The summed E-state index contributed by atoms with van der Waals surface area (Å²) in [5.74, 6) is -0.121. The van der Waals surface area contributed by atoms with Crippen LogP contribution in [0, 0.1) is 6.92 Å². The van der Waals surface area contributed by atoms with Crippen molar-refractivity contribution in [2.45, 2.75) is 26.2 Å². The van der Waals surface area contributed by atoms with Gasteiger partial charge in [-0.1, -0.05) is 18.2 Å². The molecule has 142 valence electrons. The fourth-order valence-corrected chi connectivity index (χ4v) is 3.13. The summed E-state index contributed by atoms with van der Waals surface area (Å²) in [5.41, 5.74) is 10.0. The van der Waals surface area contributed by atoms with Crippen LogP contribution in [0.1, 0.15) is 34.3 Å². The molecular weight excluding hydrogens is 369 g/mol. The van der Waals surface area contributed by atoms with Crippen LogP contribution in [-0.4, -0.2) is 30.4 Å². The maximum atomic E-state index is 12.4. The normalized spacial score (nSPS) is 13.6. The molecule has 0 unspecified atom stereocenters. The molecule has 2 aromatic rings. The number of nitrogens with two attached hydrogens (primary N) is 1. The average molecular weight is 396 g/mol. The molecule has 0 atom stereocenters. The van der Waals surface area contributed by atoms with Crippen LogP contribution in [0.2, 0.25) is 0 Å². The Kier molecular flexibility index (Phi) is 8.93. The first-order chi connectivity index (χ1) is 11.6. The predicted octanol–water partition coefficient (Wildman–Crippen LogP) is 4.31. The highest BCUT2D eigenvalue weighted by Crippen LogP contribution is 2.17. The largest absolute Gasteiger partial charge is 0.399 e. The molecule has 26 heavy (non-hydrogen) atoms. The van der Waals surface area contributed by atoms with E-state index in [-0.39, 0.29) is 30.7 Å². The van der Waals surface area contributed by atoms with Crippen LogP contribution < -0.4 is 11.1 Å². The van der Waals surface area contributed by atoms with Crippen LogP contribution in [0.5, 0.6) is 0 Å². The molecular formula is C20H27Cl2N3O. The van der Waals surface area contributed by atoms with Gasteiger partial charge in [-0.2, -0.15) is 0 Å². The Morgan fingerprint density at radius 1 is 1.08 bits per heavy atom. The third-order valence-electron chi connectivity index (χ3n) is 4.63. The van der Waals surface area contributed by atoms with Gasteiger partial charge in [-0.25, -0.2) is 0 Å². The Hall–Kier alpha value is -1.75. The number of nitrogens with one attached hydrogen (secondary N) is 1. The number of nitrogen functional groups attached to an aromatic ring is 1. The number of hydrogen-bond donors (Lipinski definition) is 2. The fraction of sp³-hybridized carbons (Fsp3) is 0.350. The first kappa shape index (κ1) is 22.3. The lowest BCUT2D eigenvalue weighted by Gasteiger charge is -2.14. The lowest BCUT2D eigenvalue weighted by molar-refractivity contribution is 0.102. The molecule has 3 N–H and O–H groups in total. The molecule has 0 bridgehead atoms. The van der Waals surface area contributed by atoms with Crippen molar-refractivity contribution in [1.29, 1.82) is 0 Å². The van der Waals surface area contributed by atoms with Gasteiger partial charge in [-0.05, 0) is 74.7 Å². The topological polar surface area (TPSA) is 58.4 Å². The summed E-state index contributed by atoms with van der Waals surface area (Å²) in [4.78, 5) is 14.9. The fourth-order valence-electron chi connectivity index (χ4n) is 3.13. The zero-order valence-corrected chi connectivity index (χ0v) is 16.7. The molecule has 1 saturated heterocycles. The van der Waals surface area contributed by atoms with E-state index in [2.05, 4.69) is 22.3 Å². The number of nitrogens with zero attached hydrogens (tertiary/aromatic N) is 1. The Labute approximate surface area is 168 Å². The summed E-state index contributed by atoms with van der Waals surface area (Å²) in [5, 5.41) is 2.95.